The van der Waals surface area contributed by atoms with Gasteiger partial charge >= 0.3 is 0 Å². The molecular weight excluding hydrogens is 264 g/mol. The zero-order valence-corrected chi connectivity index (χ0v) is 12.1. The smallest absolute Gasteiger partial charge is 0.203 e. The number of nitrogens with two attached hydrogens (primary N) is 1. The summed E-state index contributed by atoms with van der Waals surface area (Å²) in [6.07, 6.45) is 3.93. The highest BCUT2D eigenvalue weighted by atomic mass is 16.5. The molecule has 0 aromatic heterocycles. The van der Waals surface area contributed by atoms with Crippen LogP contribution in [0.2, 0.25) is 0 Å². The highest BCUT2D eigenvalue weighted by Gasteiger charge is 2.32. The van der Waals surface area contributed by atoms with Crippen LogP contribution in [0, 0.1) is 11.3 Å². The fourth-order valence-electron chi connectivity index (χ4n) is 3.08. The van der Waals surface area contributed by atoms with E-state index in [-0.39, 0.29) is 12.0 Å². The molecule has 1 aliphatic heterocycles. The Morgan fingerprint density at radius 3 is 2.62 bits per heavy atom. The summed E-state index contributed by atoms with van der Waals surface area (Å²) >= 11 is 0. The number of nitrogens with zero attached hydrogens (tertiary/aromatic N) is 1. The zero-order valence-electron chi connectivity index (χ0n) is 12.1. The Morgan fingerprint density at radius 1 is 1.24 bits per heavy atom. The molecule has 2 N–H and O–H groups in total. The Balaban J connectivity index is 2.02. The van der Waals surface area contributed by atoms with E-state index in [0.717, 1.165) is 42.6 Å². The molecule has 1 unspecified atom stereocenters. The molecule has 0 amide bonds. The van der Waals surface area contributed by atoms with Crippen LogP contribution >= 0.6 is 0 Å². The van der Waals surface area contributed by atoms with Crippen LogP contribution in [0.4, 0.5) is 0 Å². The summed E-state index contributed by atoms with van der Waals surface area (Å²) < 4.78 is 11.0. The van der Waals surface area contributed by atoms with Crippen LogP contribution in [0.3, 0.4) is 0 Å². The van der Waals surface area contributed by atoms with Gasteiger partial charge in [0.2, 0.25) is 5.88 Å². The van der Waals surface area contributed by atoms with E-state index < -0.39 is 0 Å². The van der Waals surface area contributed by atoms with E-state index in [4.69, 9.17) is 15.2 Å². The van der Waals surface area contributed by atoms with Gasteiger partial charge in [0, 0.05) is 0 Å². The maximum absolute atomic E-state index is 9.31. The number of nitriles is 1. The van der Waals surface area contributed by atoms with Gasteiger partial charge in [0.1, 0.15) is 23.5 Å². The standard InChI is InChI=1S/C17H18N2O2/c1-20-12-8-6-11(7-9-12)16-14-5-3-2-4-13(14)15(10-18)17(19)21-16/h6-9,16H,2-5,19H2,1H3. The summed E-state index contributed by atoms with van der Waals surface area (Å²) in [5, 5.41) is 9.31. The van der Waals surface area contributed by atoms with E-state index in [0.29, 0.717) is 5.57 Å². The lowest BCUT2D eigenvalue weighted by atomic mass is 9.81. The van der Waals surface area contributed by atoms with Crippen molar-refractivity contribution in [2.75, 3.05) is 7.11 Å². The second-order valence-electron chi connectivity index (χ2n) is 5.33. The summed E-state index contributed by atoms with van der Waals surface area (Å²) in [5.41, 5.74) is 9.82. The third kappa shape index (κ3) is 2.36. The lowest BCUT2D eigenvalue weighted by Gasteiger charge is -2.32. The minimum Gasteiger partial charge on any atom is -0.497 e. The molecule has 2 aliphatic rings. The van der Waals surface area contributed by atoms with Crippen LogP contribution in [0.15, 0.2) is 46.9 Å². The van der Waals surface area contributed by atoms with Crippen LogP contribution in [0.5, 0.6) is 5.75 Å². The number of methoxy groups -OCH3 is 1. The van der Waals surface area contributed by atoms with E-state index >= 15 is 0 Å². The number of rotatable bonds is 2. The molecule has 0 saturated heterocycles. The van der Waals surface area contributed by atoms with Crippen LogP contribution in [0.25, 0.3) is 0 Å². The molecule has 1 aromatic rings. The maximum atomic E-state index is 9.31. The number of hydrogen-bond donors (Lipinski definition) is 1. The second kappa shape index (κ2) is 5.53. The molecule has 0 bridgehead atoms. The van der Waals surface area contributed by atoms with Gasteiger partial charge in [-0.1, -0.05) is 12.1 Å². The molecule has 1 aliphatic carbocycles. The second-order valence-corrected chi connectivity index (χ2v) is 5.33. The number of benzene rings is 1. The van der Waals surface area contributed by atoms with E-state index in [2.05, 4.69) is 6.07 Å². The SMILES string of the molecule is COc1ccc(C2OC(N)=C(C#N)C3=C2CCCC3)cc1. The van der Waals surface area contributed by atoms with Gasteiger partial charge in [-0.15, -0.1) is 0 Å². The lowest BCUT2D eigenvalue weighted by Crippen LogP contribution is -2.22. The first-order valence-electron chi connectivity index (χ1n) is 7.17. The van der Waals surface area contributed by atoms with Gasteiger partial charge in [-0.2, -0.15) is 5.26 Å². The van der Waals surface area contributed by atoms with Crippen molar-refractivity contribution < 1.29 is 9.47 Å². The van der Waals surface area contributed by atoms with E-state index in [9.17, 15) is 5.26 Å². The molecule has 1 heterocycles. The van der Waals surface area contributed by atoms with Crippen LogP contribution in [0.1, 0.15) is 37.4 Å². The summed E-state index contributed by atoms with van der Waals surface area (Å²) in [6.45, 7) is 0. The largest absolute Gasteiger partial charge is 0.497 e. The van der Waals surface area contributed by atoms with Crippen molar-refractivity contribution in [2.45, 2.75) is 31.8 Å². The van der Waals surface area contributed by atoms with Crippen molar-refractivity contribution in [3.05, 3.63) is 52.4 Å². The van der Waals surface area contributed by atoms with E-state index in [1.54, 1.807) is 7.11 Å². The van der Waals surface area contributed by atoms with Gasteiger partial charge in [-0.25, -0.2) is 0 Å². The fraction of sp³-hybridized carbons (Fsp3) is 0.353. The molecule has 1 atom stereocenters. The van der Waals surface area contributed by atoms with Crippen LogP contribution < -0.4 is 10.5 Å². The van der Waals surface area contributed by atoms with E-state index in [1.165, 1.54) is 5.57 Å². The predicted molar refractivity (Wildman–Crippen MR) is 79.1 cm³/mol. The molecule has 0 spiro atoms. The third-order valence-electron chi connectivity index (χ3n) is 4.15. The van der Waals surface area contributed by atoms with Gasteiger partial charge in [-0.05, 0) is 54.5 Å². The quantitative estimate of drug-likeness (QED) is 0.903. The molecule has 0 fully saturated rings. The Hall–Kier alpha value is -2.41. The highest BCUT2D eigenvalue weighted by molar-refractivity contribution is 5.51. The Kier molecular flexibility index (Phi) is 3.57. The number of ether oxygens (including phenoxy) is 2. The first-order valence-corrected chi connectivity index (χ1v) is 7.17. The molecule has 4 nitrogen and oxygen atoms in total. The van der Waals surface area contributed by atoms with Crippen LogP contribution in [-0.4, -0.2) is 7.11 Å². The summed E-state index contributed by atoms with van der Waals surface area (Å²) in [5.74, 6) is 1.06. The van der Waals surface area contributed by atoms with Crippen LogP contribution in [-0.2, 0) is 4.74 Å². The molecule has 1 aromatic carbocycles. The fourth-order valence-corrected chi connectivity index (χ4v) is 3.08. The van der Waals surface area contributed by atoms with Crippen molar-refractivity contribution in [1.82, 2.24) is 0 Å². The van der Waals surface area contributed by atoms with Crippen molar-refractivity contribution in [3.63, 3.8) is 0 Å². The van der Waals surface area contributed by atoms with Gasteiger partial charge in [0.05, 0.1) is 7.11 Å². The van der Waals surface area contributed by atoms with Gasteiger partial charge in [0.25, 0.3) is 0 Å². The molecule has 4 heteroatoms. The van der Waals surface area contributed by atoms with E-state index in [1.807, 2.05) is 24.3 Å². The van der Waals surface area contributed by atoms with Crippen molar-refractivity contribution >= 4 is 0 Å². The van der Waals surface area contributed by atoms with Crippen molar-refractivity contribution in [3.8, 4) is 11.8 Å². The highest BCUT2D eigenvalue weighted by Crippen LogP contribution is 2.43. The van der Waals surface area contributed by atoms with Gasteiger partial charge < -0.3 is 15.2 Å². The molecule has 3 rings (SSSR count). The first-order chi connectivity index (χ1) is 10.2. The predicted octanol–water partition coefficient (Wildman–Crippen LogP) is 3.33. The lowest BCUT2D eigenvalue weighted by molar-refractivity contribution is 0.130. The zero-order chi connectivity index (χ0) is 14.8. The van der Waals surface area contributed by atoms with Gasteiger partial charge in [0.15, 0.2) is 0 Å². The van der Waals surface area contributed by atoms with Crippen molar-refractivity contribution in [2.24, 2.45) is 5.73 Å². The maximum Gasteiger partial charge on any atom is 0.203 e. The monoisotopic (exact) mass is 282 g/mol. The Bertz CT molecular complexity index is 650. The van der Waals surface area contributed by atoms with Crippen molar-refractivity contribution in [1.29, 1.82) is 5.26 Å². The minimum atomic E-state index is -0.177. The minimum absolute atomic E-state index is 0.177. The third-order valence-corrected chi connectivity index (χ3v) is 4.15. The molecule has 108 valence electrons. The number of hydrogen-bond acceptors (Lipinski definition) is 4. The summed E-state index contributed by atoms with van der Waals surface area (Å²) in [4.78, 5) is 0. The first kappa shape index (κ1) is 13.6. The summed E-state index contributed by atoms with van der Waals surface area (Å²) in [7, 11) is 1.65. The molecular formula is C17H18N2O2. The summed E-state index contributed by atoms with van der Waals surface area (Å²) in [6, 6.07) is 10.0. The number of allylic oxidation sites excluding steroid dienone is 2. The molecule has 0 saturated carbocycles. The Morgan fingerprint density at radius 2 is 1.95 bits per heavy atom. The van der Waals surface area contributed by atoms with Gasteiger partial charge in [-0.3, -0.25) is 0 Å². The average Bonchev–Trinajstić information content (AvgIpc) is 2.54. The average molecular weight is 282 g/mol. The molecule has 0 radical (unpaired) electrons. The topological polar surface area (TPSA) is 68.3 Å². The molecule has 21 heavy (non-hydrogen) atoms. The normalized spacial score (nSPS) is 21.4. The Labute approximate surface area is 124 Å².